The first-order valence-corrected chi connectivity index (χ1v) is 11.8. The lowest BCUT2D eigenvalue weighted by Crippen LogP contribution is -2.33. The third-order valence-electron chi connectivity index (χ3n) is 6.07. The summed E-state index contributed by atoms with van der Waals surface area (Å²) in [6.07, 6.45) is 0. The van der Waals surface area contributed by atoms with Gasteiger partial charge in [0.15, 0.2) is 0 Å². The van der Waals surface area contributed by atoms with Crippen LogP contribution in [0.3, 0.4) is 0 Å². The van der Waals surface area contributed by atoms with Crippen molar-refractivity contribution in [1.29, 1.82) is 0 Å². The molecule has 0 fully saturated rings. The second-order valence-electron chi connectivity index (χ2n) is 8.19. The third kappa shape index (κ3) is 4.51. The lowest BCUT2D eigenvalue weighted by atomic mass is 10.1. The van der Waals surface area contributed by atoms with Crippen LogP contribution < -0.4 is 14.9 Å². The van der Waals surface area contributed by atoms with Crippen LogP contribution in [0, 0.1) is 0 Å². The molecule has 4 aromatic carbocycles. The molecule has 0 aliphatic heterocycles. The van der Waals surface area contributed by atoms with Crippen LogP contribution in [0.4, 0.5) is 11.4 Å². The molecular weight excluding hydrogens is 436 g/mol. The Balaban J connectivity index is 1.62. The number of fused-ring (bicyclic) bond motifs is 2. The summed E-state index contributed by atoms with van der Waals surface area (Å²) in [7, 11) is 0. The van der Waals surface area contributed by atoms with E-state index in [1.807, 2.05) is 42.5 Å². The molecule has 1 heterocycles. The average Bonchev–Trinajstić information content (AvgIpc) is 2.92. The van der Waals surface area contributed by atoms with Gasteiger partial charge in [0, 0.05) is 43.0 Å². The van der Waals surface area contributed by atoms with E-state index < -0.39 is 5.97 Å². The topological polar surface area (TPSA) is 58.3 Å². The number of hydrogen-bond donors (Lipinski definition) is 1. The monoisotopic (exact) mass is 463 g/mol. The van der Waals surface area contributed by atoms with Crippen LogP contribution in [-0.2, 0) is 4.84 Å². The normalized spacial score (nSPS) is 10.9. The molecule has 0 unspecified atom stereocenters. The Labute approximate surface area is 204 Å². The zero-order chi connectivity index (χ0) is 24.2. The smallest absolute Gasteiger partial charge is 0.362 e. The molecule has 6 nitrogen and oxygen atoms in total. The van der Waals surface area contributed by atoms with Gasteiger partial charge >= 0.3 is 5.97 Å². The van der Waals surface area contributed by atoms with E-state index in [9.17, 15) is 4.79 Å². The van der Waals surface area contributed by atoms with Crippen molar-refractivity contribution in [2.24, 2.45) is 0 Å². The fourth-order valence-corrected chi connectivity index (χ4v) is 4.28. The first-order chi connectivity index (χ1) is 17.2. The minimum atomic E-state index is -0.442. The maximum atomic E-state index is 12.4. The number of anilines is 2. The Morgan fingerprint density at radius 1 is 0.829 bits per heavy atom. The average molecular weight is 464 g/mol. The summed E-state index contributed by atoms with van der Waals surface area (Å²) in [6.45, 7) is 6.17. The summed E-state index contributed by atoms with van der Waals surface area (Å²) in [5.74, 6) is -0.442. The van der Waals surface area contributed by atoms with Crippen LogP contribution in [-0.4, -0.2) is 24.0 Å². The van der Waals surface area contributed by atoms with Crippen LogP contribution in [0.1, 0.15) is 24.2 Å². The number of carbonyl (C=O) groups is 1. The largest absolute Gasteiger partial charge is 0.372 e. The number of nitrogens with zero attached hydrogens (tertiary/aromatic N) is 3. The van der Waals surface area contributed by atoms with Crippen LogP contribution in [0.25, 0.3) is 27.8 Å². The molecule has 5 aromatic rings. The van der Waals surface area contributed by atoms with Crippen molar-refractivity contribution in [1.82, 2.24) is 4.98 Å². The van der Waals surface area contributed by atoms with Gasteiger partial charge in [0.2, 0.25) is 16.7 Å². The quantitative estimate of drug-likeness (QED) is 0.191. The summed E-state index contributed by atoms with van der Waals surface area (Å²) in [5.41, 5.74) is 9.80. The van der Waals surface area contributed by atoms with E-state index >= 15 is 0 Å². The van der Waals surface area contributed by atoms with Crippen molar-refractivity contribution in [3.63, 3.8) is 0 Å². The molecule has 6 heteroatoms. The maximum Gasteiger partial charge on any atom is 0.362 e. The number of para-hydroxylation sites is 1. The zero-order valence-corrected chi connectivity index (χ0v) is 19.8. The zero-order valence-electron chi connectivity index (χ0n) is 19.8. The summed E-state index contributed by atoms with van der Waals surface area (Å²) in [5, 5.41) is 0. The second-order valence-corrected chi connectivity index (χ2v) is 8.19. The fourth-order valence-electron chi connectivity index (χ4n) is 4.28. The lowest BCUT2D eigenvalue weighted by molar-refractivity contribution is -0.538. The SMILES string of the molecule is CCN(CC)c1ccc2nc3ccc(NOC(=O)c4ccccc4)cc3[n+](-c3ccccc3)c2c1. The molecule has 1 N–H and O–H groups in total. The lowest BCUT2D eigenvalue weighted by Gasteiger charge is -2.20. The van der Waals surface area contributed by atoms with Gasteiger partial charge in [-0.25, -0.2) is 15.3 Å². The fraction of sp³-hybridized carbons (Fsp3) is 0.138. The Morgan fingerprint density at radius 2 is 1.46 bits per heavy atom. The summed E-state index contributed by atoms with van der Waals surface area (Å²) >= 11 is 0. The van der Waals surface area contributed by atoms with Crippen LogP contribution in [0.5, 0.6) is 0 Å². The summed E-state index contributed by atoms with van der Waals surface area (Å²) in [6, 6.07) is 31.3. The minimum Gasteiger partial charge on any atom is -0.372 e. The molecule has 0 bridgehead atoms. The van der Waals surface area contributed by atoms with Crippen molar-refractivity contribution in [2.45, 2.75) is 13.8 Å². The second kappa shape index (κ2) is 9.81. The summed E-state index contributed by atoms with van der Waals surface area (Å²) in [4.78, 5) is 25.0. The number of hydrogen-bond acceptors (Lipinski definition) is 5. The van der Waals surface area contributed by atoms with E-state index in [2.05, 4.69) is 59.1 Å². The van der Waals surface area contributed by atoms with Gasteiger partial charge in [-0.05, 0) is 50.2 Å². The Hall–Kier alpha value is -4.45. The van der Waals surface area contributed by atoms with Crippen LogP contribution in [0.2, 0.25) is 0 Å². The minimum absolute atomic E-state index is 0.442. The van der Waals surface area contributed by atoms with E-state index in [1.54, 1.807) is 24.3 Å². The number of benzene rings is 4. The van der Waals surface area contributed by atoms with Crippen molar-refractivity contribution in [3.8, 4) is 5.69 Å². The van der Waals surface area contributed by atoms with Gasteiger partial charge in [-0.15, -0.1) is 4.57 Å². The predicted molar refractivity (Wildman–Crippen MR) is 140 cm³/mol. The van der Waals surface area contributed by atoms with Gasteiger partial charge in [0.05, 0.1) is 11.3 Å². The highest BCUT2D eigenvalue weighted by molar-refractivity contribution is 5.90. The molecule has 0 spiro atoms. The highest BCUT2D eigenvalue weighted by Crippen LogP contribution is 2.24. The van der Waals surface area contributed by atoms with Crippen molar-refractivity contribution in [3.05, 3.63) is 103 Å². The Morgan fingerprint density at radius 3 is 2.14 bits per heavy atom. The van der Waals surface area contributed by atoms with Crippen LogP contribution in [0.15, 0.2) is 97.1 Å². The van der Waals surface area contributed by atoms with Gasteiger partial charge in [0.1, 0.15) is 11.0 Å². The molecule has 0 aliphatic carbocycles. The Bertz CT molecular complexity index is 1480. The highest BCUT2D eigenvalue weighted by Gasteiger charge is 2.21. The predicted octanol–water partition coefficient (Wildman–Crippen LogP) is 5.69. The van der Waals surface area contributed by atoms with Gasteiger partial charge in [-0.3, -0.25) is 0 Å². The first kappa shape index (κ1) is 22.3. The van der Waals surface area contributed by atoms with Crippen LogP contribution >= 0.6 is 0 Å². The maximum absolute atomic E-state index is 12.4. The van der Waals surface area contributed by atoms with Gasteiger partial charge < -0.3 is 9.74 Å². The standard InChI is InChI=1S/C29H26N4O2/c1-3-32(4-2)24-16-18-26-28(20-24)33(23-13-9-6-10-14-23)27-19-22(15-17-25(27)30-26)31-35-29(34)21-11-7-5-8-12-21/h5-20H,3-4H2,1-2H3/p+1. The van der Waals surface area contributed by atoms with E-state index in [0.29, 0.717) is 11.3 Å². The molecule has 1 aromatic heterocycles. The van der Waals surface area contributed by atoms with E-state index in [0.717, 1.165) is 46.5 Å². The first-order valence-electron chi connectivity index (χ1n) is 11.8. The summed E-state index contributed by atoms with van der Waals surface area (Å²) < 4.78 is 2.20. The Kier molecular flexibility index (Phi) is 6.26. The molecule has 174 valence electrons. The van der Waals surface area contributed by atoms with E-state index in [4.69, 9.17) is 9.82 Å². The molecule has 0 saturated heterocycles. The van der Waals surface area contributed by atoms with E-state index in [-0.39, 0.29) is 0 Å². The molecular formula is C29H27N4O2+. The highest BCUT2D eigenvalue weighted by atomic mass is 16.7. The number of carbonyl (C=O) groups excluding carboxylic acids is 1. The number of nitrogens with one attached hydrogen (secondary N) is 1. The van der Waals surface area contributed by atoms with Crippen molar-refractivity contribution in [2.75, 3.05) is 23.5 Å². The number of aromatic nitrogens is 2. The molecule has 35 heavy (non-hydrogen) atoms. The molecule has 0 radical (unpaired) electrons. The van der Waals surface area contributed by atoms with Gasteiger partial charge in [0.25, 0.3) is 0 Å². The van der Waals surface area contributed by atoms with Gasteiger partial charge in [-0.2, -0.15) is 0 Å². The van der Waals surface area contributed by atoms with Crippen molar-refractivity contribution >= 4 is 39.4 Å². The third-order valence-corrected chi connectivity index (χ3v) is 6.07. The molecule has 5 rings (SSSR count). The van der Waals surface area contributed by atoms with E-state index in [1.165, 1.54) is 0 Å². The number of rotatable bonds is 7. The molecule has 0 aliphatic rings. The molecule has 0 atom stereocenters. The molecule has 0 saturated carbocycles. The van der Waals surface area contributed by atoms with Crippen molar-refractivity contribution < 1.29 is 14.2 Å². The van der Waals surface area contributed by atoms with Gasteiger partial charge in [-0.1, -0.05) is 36.4 Å². The molecule has 0 amide bonds.